The second-order valence-electron chi connectivity index (χ2n) is 4.85. The van der Waals surface area contributed by atoms with E-state index in [1.807, 2.05) is 30.3 Å². The molecule has 3 rings (SSSR count). The molecule has 0 atom stereocenters. The maximum atomic E-state index is 12.0. The number of nitrogens with one attached hydrogen (secondary N) is 2. The predicted molar refractivity (Wildman–Crippen MR) is 89.9 cm³/mol. The Labute approximate surface area is 138 Å². The van der Waals surface area contributed by atoms with Crippen LogP contribution in [-0.2, 0) is 0 Å². The SMILES string of the molecule is COc1ccc(-c2cc(C(=O)NN=Cc3ccccn3)[nH]n2)cc1. The van der Waals surface area contributed by atoms with Gasteiger partial charge in [0.25, 0.3) is 5.91 Å². The molecule has 0 unspecified atom stereocenters. The minimum absolute atomic E-state index is 0.319. The van der Waals surface area contributed by atoms with Gasteiger partial charge in [-0.15, -0.1) is 0 Å². The minimum atomic E-state index is -0.380. The zero-order valence-corrected chi connectivity index (χ0v) is 12.9. The first-order valence-electron chi connectivity index (χ1n) is 7.20. The van der Waals surface area contributed by atoms with Crippen LogP contribution in [-0.4, -0.2) is 34.4 Å². The fourth-order valence-corrected chi connectivity index (χ4v) is 2.02. The van der Waals surface area contributed by atoms with E-state index in [1.165, 1.54) is 6.21 Å². The van der Waals surface area contributed by atoms with Gasteiger partial charge in [0, 0.05) is 11.8 Å². The van der Waals surface area contributed by atoms with Gasteiger partial charge >= 0.3 is 0 Å². The number of amides is 1. The third-order valence-electron chi connectivity index (χ3n) is 3.26. The summed E-state index contributed by atoms with van der Waals surface area (Å²) in [7, 11) is 1.61. The highest BCUT2D eigenvalue weighted by Crippen LogP contribution is 2.21. The Kier molecular flexibility index (Phi) is 4.62. The number of nitrogens with zero attached hydrogens (tertiary/aromatic N) is 3. The normalized spacial score (nSPS) is 10.7. The van der Waals surface area contributed by atoms with Crippen LogP contribution in [0.15, 0.2) is 59.8 Å². The van der Waals surface area contributed by atoms with E-state index in [9.17, 15) is 4.79 Å². The van der Waals surface area contributed by atoms with Gasteiger partial charge in [0.2, 0.25) is 0 Å². The molecular weight excluding hydrogens is 306 g/mol. The van der Waals surface area contributed by atoms with E-state index < -0.39 is 0 Å². The van der Waals surface area contributed by atoms with E-state index in [2.05, 4.69) is 25.7 Å². The van der Waals surface area contributed by atoms with Gasteiger partial charge in [0.1, 0.15) is 11.4 Å². The third-order valence-corrected chi connectivity index (χ3v) is 3.26. The summed E-state index contributed by atoms with van der Waals surface area (Å²) in [4.78, 5) is 16.1. The molecule has 1 amide bonds. The van der Waals surface area contributed by atoms with Crippen molar-refractivity contribution < 1.29 is 9.53 Å². The summed E-state index contributed by atoms with van der Waals surface area (Å²) >= 11 is 0. The van der Waals surface area contributed by atoms with Crippen LogP contribution in [0.3, 0.4) is 0 Å². The second-order valence-corrected chi connectivity index (χ2v) is 4.85. The van der Waals surface area contributed by atoms with E-state index in [1.54, 1.807) is 31.5 Å². The summed E-state index contributed by atoms with van der Waals surface area (Å²) < 4.78 is 5.12. The lowest BCUT2D eigenvalue weighted by Crippen LogP contribution is -2.18. The summed E-state index contributed by atoms with van der Waals surface area (Å²) in [5.41, 5.74) is 4.94. The van der Waals surface area contributed by atoms with E-state index in [0.717, 1.165) is 11.3 Å². The summed E-state index contributed by atoms with van der Waals surface area (Å²) in [5, 5.41) is 10.7. The average molecular weight is 321 g/mol. The highest BCUT2D eigenvalue weighted by Gasteiger charge is 2.10. The predicted octanol–water partition coefficient (Wildman–Crippen LogP) is 2.24. The topological polar surface area (TPSA) is 92.3 Å². The van der Waals surface area contributed by atoms with Crippen LogP contribution in [0.1, 0.15) is 16.2 Å². The highest BCUT2D eigenvalue weighted by atomic mass is 16.5. The number of methoxy groups -OCH3 is 1. The van der Waals surface area contributed by atoms with Gasteiger partial charge in [-0.05, 0) is 42.5 Å². The lowest BCUT2D eigenvalue weighted by molar-refractivity contribution is 0.0950. The van der Waals surface area contributed by atoms with Crippen molar-refractivity contribution in [1.29, 1.82) is 0 Å². The molecule has 3 aromatic rings. The summed E-state index contributed by atoms with van der Waals surface area (Å²) in [6.45, 7) is 0. The number of aromatic nitrogens is 3. The number of H-pyrrole nitrogens is 1. The van der Waals surface area contributed by atoms with Crippen molar-refractivity contribution in [2.45, 2.75) is 0 Å². The van der Waals surface area contributed by atoms with Crippen molar-refractivity contribution in [3.8, 4) is 17.0 Å². The third kappa shape index (κ3) is 3.64. The number of hydrogen-bond acceptors (Lipinski definition) is 5. The zero-order valence-electron chi connectivity index (χ0n) is 12.9. The van der Waals surface area contributed by atoms with Gasteiger partial charge in [-0.25, -0.2) is 5.43 Å². The molecule has 0 aliphatic heterocycles. The van der Waals surface area contributed by atoms with E-state index in [4.69, 9.17) is 4.74 Å². The fraction of sp³-hybridized carbons (Fsp3) is 0.0588. The van der Waals surface area contributed by atoms with Gasteiger partial charge in [-0.1, -0.05) is 6.07 Å². The lowest BCUT2D eigenvalue weighted by Gasteiger charge is -2.00. The maximum Gasteiger partial charge on any atom is 0.289 e. The van der Waals surface area contributed by atoms with Crippen molar-refractivity contribution >= 4 is 12.1 Å². The molecule has 0 saturated heterocycles. The first-order chi connectivity index (χ1) is 11.8. The second kappa shape index (κ2) is 7.19. The van der Waals surface area contributed by atoms with Crippen molar-refractivity contribution in [3.63, 3.8) is 0 Å². The Hall–Kier alpha value is -3.48. The number of hydrazone groups is 1. The molecule has 2 N–H and O–H groups in total. The number of benzene rings is 1. The van der Waals surface area contributed by atoms with Crippen molar-refractivity contribution in [3.05, 3.63) is 66.1 Å². The smallest absolute Gasteiger partial charge is 0.289 e. The van der Waals surface area contributed by atoms with Gasteiger partial charge in [0.05, 0.1) is 24.7 Å². The molecule has 24 heavy (non-hydrogen) atoms. The number of carbonyl (C=O) groups excluding carboxylic acids is 1. The number of rotatable bonds is 5. The number of aromatic amines is 1. The summed E-state index contributed by atoms with van der Waals surface area (Å²) in [5.74, 6) is 0.380. The van der Waals surface area contributed by atoms with Crippen molar-refractivity contribution in [2.75, 3.05) is 7.11 Å². The monoisotopic (exact) mass is 321 g/mol. The van der Waals surface area contributed by atoms with Gasteiger partial charge in [-0.3, -0.25) is 14.9 Å². The molecule has 0 radical (unpaired) electrons. The summed E-state index contributed by atoms with van der Waals surface area (Å²) in [6.07, 6.45) is 3.12. The first-order valence-corrected chi connectivity index (χ1v) is 7.20. The molecule has 0 fully saturated rings. The molecule has 0 aliphatic carbocycles. The van der Waals surface area contributed by atoms with Crippen LogP contribution in [0.25, 0.3) is 11.3 Å². The fourth-order valence-electron chi connectivity index (χ4n) is 2.02. The minimum Gasteiger partial charge on any atom is -0.497 e. The molecule has 0 bridgehead atoms. The van der Waals surface area contributed by atoms with Gasteiger partial charge < -0.3 is 4.74 Å². The molecule has 120 valence electrons. The molecule has 0 aliphatic rings. The molecule has 0 spiro atoms. The quantitative estimate of drug-likeness (QED) is 0.557. The highest BCUT2D eigenvalue weighted by molar-refractivity contribution is 5.94. The van der Waals surface area contributed by atoms with Crippen LogP contribution < -0.4 is 10.2 Å². The summed E-state index contributed by atoms with van der Waals surface area (Å²) in [6, 6.07) is 14.5. The number of carbonyl (C=O) groups is 1. The Morgan fingerprint density at radius 3 is 2.79 bits per heavy atom. The molecule has 2 aromatic heterocycles. The van der Waals surface area contributed by atoms with Crippen LogP contribution in [0, 0.1) is 0 Å². The zero-order chi connectivity index (χ0) is 16.8. The standard InChI is InChI=1S/C17H15N5O2/c1-24-14-7-5-12(6-8-14)15-10-16(21-20-15)17(23)22-19-11-13-4-2-3-9-18-13/h2-11H,1H3,(H,20,21)(H,22,23). The van der Waals surface area contributed by atoms with E-state index in [-0.39, 0.29) is 5.91 Å². The average Bonchev–Trinajstić information content (AvgIpc) is 3.13. The molecule has 2 heterocycles. The maximum absolute atomic E-state index is 12.0. The van der Waals surface area contributed by atoms with Crippen LogP contribution in [0.4, 0.5) is 0 Å². The van der Waals surface area contributed by atoms with Gasteiger partial charge in [-0.2, -0.15) is 10.2 Å². The van der Waals surface area contributed by atoms with Crippen molar-refractivity contribution in [1.82, 2.24) is 20.6 Å². The van der Waals surface area contributed by atoms with Crippen molar-refractivity contribution in [2.24, 2.45) is 5.10 Å². The Morgan fingerprint density at radius 1 is 1.25 bits per heavy atom. The van der Waals surface area contributed by atoms with E-state index in [0.29, 0.717) is 17.1 Å². The number of pyridine rings is 1. The molecule has 1 aromatic carbocycles. The number of hydrogen-bond donors (Lipinski definition) is 2. The first kappa shape index (κ1) is 15.4. The Bertz CT molecular complexity index is 841. The van der Waals surface area contributed by atoms with E-state index >= 15 is 0 Å². The Morgan fingerprint density at radius 2 is 2.08 bits per heavy atom. The van der Waals surface area contributed by atoms with Gasteiger partial charge in [0.15, 0.2) is 0 Å². The molecule has 7 heteroatoms. The molecule has 7 nitrogen and oxygen atoms in total. The van der Waals surface area contributed by atoms with Crippen LogP contribution >= 0.6 is 0 Å². The largest absolute Gasteiger partial charge is 0.497 e. The molecular formula is C17H15N5O2. The van der Waals surface area contributed by atoms with Crippen LogP contribution in [0.2, 0.25) is 0 Å². The number of ether oxygens (including phenoxy) is 1. The van der Waals surface area contributed by atoms with Crippen LogP contribution in [0.5, 0.6) is 5.75 Å². The molecule has 0 saturated carbocycles. The lowest BCUT2D eigenvalue weighted by atomic mass is 10.1. The Balaban J connectivity index is 1.66.